The van der Waals surface area contributed by atoms with Crippen molar-refractivity contribution >= 4 is 34.4 Å². The van der Waals surface area contributed by atoms with Gasteiger partial charge in [-0.2, -0.15) is 0 Å². The summed E-state index contributed by atoms with van der Waals surface area (Å²) in [5.74, 6) is 0.0436. The number of furan rings is 1. The van der Waals surface area contributed by atoms with E-state index in [1.807, 2.05) is 51.1 Å². The van der Waals surface area contributed by atoms with Gasteiger partial charge >= 0.3 is 0 Å². The number of fused-ring (bicyclic) bond motifs is 1. The maximum atomic E-state index is 13.2. The minimum absolute atomic E-state index is 0.0979. The molecule has 6 heteroatoms. The summed E-state index contributed by atoms with van der Waals surface area (Å²) in [4.78, 5) is 27.5. The topological polar surface area (TPSA) is 62.6 Å². The second-order valence-corrected chi connectivity index (χ2v) is 7.89. The first-order chi connectivity index (χ1) is 13.8. The molecular formula is C23H25ClN2O3. The molecule has 0 aliphatic carbocycles. The number of para-hydroxylation sites is 1. The van der Waals surface area contributed by atoms with E-state index in [0.717, 1.165) is 11.0 Å². The molecule has 1 heterocycles. The average Bonchev–Trinajstić information content (AvgIpc) is 3.14. The number of rotatable bonds is 6. The van der Waals surface area contributed by atoms with Crippen LogP contribution in [-0.2, 0) is 4.79 Å². The van der Waals surface area contributed by atoms with Gasteiger partial charge in [0.05, 0.1) is 16.6 Å². The Labute approximate surface area is 175 Å². The molecule has 0 saturated carbocycles. The molecule has 2 amide bonds. The van der Waals surface area contributed by atoms with Gasteiger partial charge in [0, 0.05) is 12.4 Å². The summed E-state index contributed by atoms with van der Waals surface area (Å²) < 4.78 is 5.91. The van der Waals surface area contributed by atoms with Gasteiger partial charge in [-0.1, -0.05) is 55.8 Å². The number of nitrogens with zero attached hydrogens (tertiary/aromatic N) is 1. The lowest BCUT2D eigenvalue weighted by Crippen LogP contribution is -2.50. The van der Waals surface area contributed by atoms with E-state index in [1.165, 1.54) is 0 Å². The Hall–Kier alpha value is -2.79. The predicted octanol–water partition coefficient (Wildman–Crippen LogP) is 5.06. The fraction of sp³-hybridized carbons (Fsp3) is 0.304. The van der Waals surface area contributed by atoms with Crippen molar-refractivity contribution in [1.29, 1.82) is 0 Å². The Kier molecular flexibility index (Phi) is 6.28. The third-order valence-corrected chi connectivity index (χ3v) is 5.45. The molecule has 0 radical (unpaired) electrons. The van der Waals surface area contributed by atoms with E-state index >= 15 is 0 Å². The van der Waals surface area contributed by atoms with Crippen LogP contribution in [0, 0.1) is 5.92 Å². The Morgan fingerprint density at radius 1 is 1.03 bits per heavy atom. The van der Waals surface area contributed by atoms with Crippen LogP contribution in [0.3, 0.4) is 0 Å². The average molecular weight is 413 g/mol. The largest absolute Gasteiger partial charge is 0.459 e. The molecule has 0 spiro atoms. The van der Waals surface area contributed by atoms with Gasteiger partial charge in [-0.25, -0.2) is 0 Å². The zero-order valence-electron chi connectivity index (χ0n) is 17.0. The lowest BCUT2D eigenvalue weighted by Gasteiger charge is -2.30. The molecule has 5 nitrogen and oxygen atoms in total. The Morgan fingerprint density at radius 3 is 2.34 bits per heavy atom. The van der Waals surface area contributed by atoms with Crippen molar-refractivity contribution < 1.29 is 14.0 Å². The number of carbonyl (C=O) groups is 2. The second kappa shape index (κ2) is 8.70. The third kappa shape index (κ3) is 4.46. The number of nitrogens with one attached hydrogen (secondary N) is 1. The summed E-state index contributed by atoms with van der Waals surface area (Å²) in [6, 6.07) is 15.5. The zero-order chi connectivity index (χ0) is 21.1. The van der Waals surface area contributed by atoms with Crippen molar-refractivity contribution in [3.8, 4) is 0 Å². The highest BCUT2D eigenvalue weighted by Crippen LogP contribution is 2.27. The van der Waals surface area contributed by atoms with Crippen molar-refractivity contribution in [2.75, 3.05) is 7.05 Å². The quantitative estimate of drug-likeness (QED) is 0.615. The van der Waals surface area contributed by atoms with Crippen molar-refractivity contribution in [3.05, 3.63) is 70.9 Å². The molecule has 1 N–H and O–H groups in total. The van der Waals surface area contributed by atoms with Crippen LogP contribution in [0.5, 0.6) is 0 Å². The summed E-state index contributed by atoms with van der Waals surface area (Å²) in [5, 5.41) is 4.18. The van der Waals surface area contributed by atoms with Crippen LogP contribution in [0.15, 0.2) is 59.0 Å². The van der Waals surface area contributed by atoms with Gasteiger partial charge < -0.3 is 14.6 Å². The van der Waals surface area contributed by atoms with Crippen molar-refractivity contribution in [3.63, 3.8) is 0 Å². The van der Waals surface area contributed by atoms with Gasteiger partial charge in [0.1, 0.15) is 17.4 Å². The van der Waals surface area contributed by atoms with E-state index in [2.05, 4.69) is 5.32 Å². The van der Waals surface area contributed by atoms with Gasteiger partial charge in [0.15, 0.2) is 0 Å². The monoisotopic (exact) mass is 412 g/mol. The molecule has 0 aliphatic heterocycles. The summed E-state index contributed by atoms with van der Waals surface area (Å²) >= 11 is 6.12. The molecule has 3 aromatic rings. The highest BCUT2D eigenvalue weighted by atomic mass is 35.5. The van der Waals surface area contributed by atoms with E-state index < -0.39 is 6.04 Å². The Morgan fingerprint density at radius 2 is 1.69 bits per heavy atom. The summed E-state index contributed by atoms with van der Waals surface area (Å²) in [6.45, 7) is 5.70. The molecule has 0 fully saturated rings. The molecular weight excluding hydrogens is 388 g/mol. The third-order valence-electron chi connectivity index (χ3n) is 5.12. The van der Waals surface area contributed by atoms with Gasteiger partial charge in [-0.3, -0.25) is 9.59 Å². The first kappa shape index (κ1) is 20.9. The van der Waals surface area contributed by atoms with Crippen LogP contribution < -0.4 is 5.32 Å². The van der Waals surface area contributed by atoms with Gasteiger partial charge in [-0.05, 0) is 37.1 Å². The molecule has 2 aromatic carbocycles. The number of halogens is 1. The van der Waals surface area contributed by atoms with Crippen LogP contribution >= 0.6 is 11.6 Å². The maximum Gasteiger partial charge on any atom is 0.253 e. The summed E-state index contributed by atoms with van der Waals surface area (Å²) in [5.41, 5.74) is 1.13. The first-order valence-corrected chi connectivity index (χ1v) is 9.98. The van der Waals surface area contributed by atoms with E-state index in [1.54, 1.807) is 36.2 Å². The number of likely N-dealkylation sites (N-methyl/N-ethyl adjacent to an activating group) is 1. The smallest absolute Gasteiger partial charge is 0.253 e. The predicted molar refractivity (Wildman–Crippen MR) is 115 cm³/mol. The van der Waals surface area contributed by atoms with Crippen LogP contribution in [0.25, 0.3) is 11.0 Å². The Balaban J connectivity index is 1.78. The minimum Gasteiger partial charge on any atom is -0.459 e. The molecule has 2 unspecified atom stereocenters. The van der Waals surface area contributed by atoms with E-state index in [9.17, 15) is 9.59 Å². The molecule has 152 valence electrons. The fourth-order valence-corrected chi connectivity index (χ4v) is 3.41. The highest BCUT2D eigenvalue weighted by Gasteiger charge is 2.31. The first-order valence-electron chi connectivity index (χ1n) is 9.60. The number of hydrogen-bond donors (Lipinski definition) is 1. The van der Waals surface area contributed by atoms with Crippen molar-refractivity contribution in [1.82, 2.24) is 10.2 Å². The molecule has 1 aromatic heterocycles. The zero-order valence-corrected chi connectivity index (χ0v) is 17.7. The summed E-state index contributed by atoms with van der Waals surface area (Å²) in [6.07, 6.45) is 0. The lowest BCUT2D eigenvalue weighted by atomic mass is 10.0. The molecule has 29 heavy (non-hydrogen) atoms. The number of carbonyl (C=O) groups excluding carboxylic acids is 2. The maximum absolute atomic E-state index is 13.2. The highest BCUT2D eigenvalue weighted by molar-refractivity contribution is 6.33. The second-order valence-electron chi connectivity index (χ2n) is 7.49. The van der Waals surface area contributed by atoms with Gasteiger partial charge in [-0.15, -0.1) is 0 Å². The molecule has 2 atom stereocenters. The van der Waals surface area contributed by atoms with E-state index in [0.29, 0.717) is 16.3 Å². The normalized spacial score (nSPS) is 13.3. The van der Waals surface area contributed by atoms with Gasteiger partial charge in [0.2, 0.25) is 5.91 Å². The standard InChI is InChI=1S/C23H25ClN2O3/c1-14(2)21(25-22(27)17-10-6-7-11-18(17)24)23(28)26(4)15(3)20-13-16-9-5-8-12-19(16)29-20/h5-15,21H,1-4H3,(H,25,27). The number of amides is 2. The molecule has 0 bridgehead atoms. The van der Waals surface area contributed by atoms with Crippen LogP contribution in [-0.4, -0.2) is 29.8 Å². The minimum atomic E-state index is -0.685. The molecule has 0 saturated heterocycles. The van der Waals surface area contributed by atoms with E-state index in [-0.39, 0.29) is 23.8 Å². The fourth-order valence-electron chi connectivity index (χ4n) is 3.19. The molecule has 0 aliphatic rings. The van der Waals surface area contributed by atoms with Gasteiger partial charge in [0.25, 0.3) is 5.91 Å². The summed E-state index contributed by atoms with van der Waals surface area (Å²) in [7, 11) is 1.72. The van der Waals surface area contributed by atoms with Crippen molar-refractivity contribution in [2.24, 2.45) is 5.92 Å². The number of hydrogen-bond acceptors (Lipinski definition) is 3. The molecule has 3 rings (SSSR count). The Bertz CT molecular complexity index is 995. The van der Waals surface area contributed by atoms with Crippen molar-refractivity contribution in [2.45, 2.75) is 32.9 Å². The van der Waals surface area contributed by atoms with E-state index in [4.69, 9.17) is 16.0 Å². The van der Waals surface area contributed by atoms with Crippen LogP contribution in [0.1, 0.15) is 42.9 Å². The van der Waals surface area contributed by atoms with Crippen LogP contribution in [0.2, 0.25) is 5.02 Å². The SMILES string of the molecule is CC(C)C(NC(=O)c1ccccc1Cl)C(=O)N(C)C(C)c1cc2ccccc2o1. The lowest BCUT2D eigenvalue weighted by molar-refractivity contribution is -0.135. The van der Waals surface area contributed by atoms with Crippen LogP contribution in [0.4, 0.5) is 0 Å². The number of benzene rings is 2.